The van der Waals surface area contributed by atoms with Gasteiger partial charge in [-0.15, -0.1) is 0 Å². The molecule has 2 atom stereocenters. The van der Waals surface area contributed by atoms with E-state index in [1.54, 1.807) is 4.90 Å². The number of likely N-dealkylation sites (tertiary alicyclic amines) is 1. The number of aliphatic carboxylic acids is 1. The van der Waals surface area contributed by atoms with Crippen LogP contribution in [0, 0.1) is 11.8 Å². The van der Waals surface area contributed by atoms with Gasteiger partial charge < -0.3 is 10.0 Å². The minimum absolute atomic E-state index is 0.175. The molecule has 6 nitrogen and oxygen atoms in total. The zero-order valence-electron chi connectivity index (χ0n) is 11.7. The first-order chi connectivity index (χ1) is 10.1. The molecule has 0 bridgehead atoms. The van der Waals surface area contributed by atoms with E-state index in [1.807, 2.05) is 31.2 Å². The van der Waals surface area contributed by atoms with Crippen molar-refractivity contribution in [3.8, 4) is 0 Å². The summed E-state index contributed by atoms with van der Waals surface area (Å²) in [7, 11) is 0. The van der Waals surface area contributed by atoms with Gasteiger partial charge >= 0.3 is 5.97 Å². The predicted octanol–water partition coefficient (Wildman–Crippen LogP) is 1.75. The van der Waals surface area contributed by atoms with Crippen LogP contribution in [0.3, 0.4) is 0 Å². The molecule has 0 spiro atoms. The highest BCUT2D eigenvalue weighted by atomic mass is 16.4. The third-order valence-corrected chi connectivity index (χ3v) is 3.97. The molecule has 0 radical (unpaired) electrons. The number of benzene rings is 1. The summed E-state index contributed by atoms with van der Waals surface area (Å²) >= 11 is 0. The van der Waals surface area contributed by atoms with Crippen molar-refractivity contribution >= 4 is 22.8 Å². The standard InChI is InChI=1S/C15H17N3O3/c1-9-6-10(15(20)21)8-18(7-9)14(19)13-11-4-2-3-5-12(11)16-17-13/h2-5,9-10H,6-8H2,1H3,(H,16,17)(H,20,21). The van der Waals surface area contributed by atoms with Crippen LogP contribution in [0.25, 0.3) is 10.9 Å². The maximum absolute atomic E-state index is 12.6. The van der Waals surface area contributed by atoms with Crippen LogP contribution in [-0.4, -0.2) is 45.2 Å². The van der Waals surface area contributed by atoms with Gasteiger partial charge in [0.25, 0.3) is 5.91 Å². The summed E-state index contributed by atoms with van der Waals surface area (Å²) < 4.78 is 0. The van der Waals surface area contributed by atoms with E-state index >= 15 is 0 Å². The Bertz CT molecular complexity index is 694. The lowest BCUT2D eigenvalue weighted by molar-refractivity contribution is -0.143. The van der Waals surface area contributed by atoms with E-state index in [9.17, 15) is 14.7 Å². The average Bonchev–Trinajstić information content (AvgIpc) is 2.89. The molecule has 21 heavy (non-hydrogen) atoms. The molecule has 1 fully saturated rings. The van der Waals surface area contributed by atoms with Crippen LogP contribution in [0.2, 0.25) is 0 Å². The zero-order chi connectivity index (χ0) is 15.0. The molecule has 110 valence electrons. The Hall–Kier alpha value is -2.37. The fourth-order valence-corrected chi connectivity index (χ4v) is 2.97. The molecule has 1 saturated heterocycles. The number of hydrogen-bond donors (Lipinski definition) is 2. The highest BCUT2D eigenvalue weighted by Gasteiger charge is 2.33. The number of H-pyrrole nitrogens is 1. The van der Waals surface area contributed by atoms with Gasteiger partial charge in [-0.05, 0) is 18.4 Å². The molecule has 2 unspecified atom stereocenters. The van der Waals surface area contributed by atoms with Gasteiger partial charge in [0.15, 0.2) is 5.69 Å². The molecule has 0 saturated carbocycles. The lowest BCUT2D eigenvalue weighted by Crippen LogP contribution is -2.45. The summed E-state index contributed by atoms with van der Waals surface area (Å²) in [5.41, 5.74) is 1.17. The number of carboxylic acids is 1. The number of carbonyl (C=O) groups is 2. The lowest BCUT2D eigenvalue weighted by atomic mass is 9.90. The summed E-state index contributed by atoms with van der Waals surface area (Å²) in [6, 6.07) is 7.43. The van der Waals surface area contributed by atoms with E-state index in [1.165, 1.54) is 0 Å². The first-order valence-electron chi connectivity index (χ1n) is 7.01. The molecule has 1 aromatic heterocycles. The number of piperidine rings is 1. The second-order valence-corrected chi connectivity index (χ2v) is 5.70. The van der Waals surface area contributed by atoms with Crippen molar-refractivity contribution in [1.29, 1.82) is 0 Å². The number of amides is 1. The molecule has 2 N–H and O–H groups in total. The molecule has 1 aliphatic heterocycles. The van der Waals surface area contributed by atoms with Gasteiger partial charge in [0, 0.05) is 18.5 Å². The van der Waals surface area contributed by atoms with Crippen LogP contribution < -0.4 is 0 Å². The molecular weight excluding hydrogens is 270 g/mol. The van der Waals surface area contributed by atoms with Gasteiger partial charge in [0.1, 0.15) is 0 Å². The molecule has 1 amide bonds. The largest absolute Gasteiger partial charge is 0.481 e. The number of hydrogen-bond acceptors (Lipinski definition) is 3. The number of carboxylic acid groups (broad SMARTS) is 1. The Kier molecular flexibility index (Phi) is 3.37. The van der Waals surface area contributed by atoms with Crippen molar-refractivity contribution in [1.82, 2.24) is 15.1 Å². The Morgan fingerprint density at radius 2 is 2.10 bits per heavy atom. The van der Waals surface area contributed by atoms with Gasteiger partial charge in [0.2, 0.25) is 0 Å². The topological polar surface area (TPSA) is 86.3 Å². The van der Waals surface area contributed by atoms with Gasteiger partial charge in [-0.2, -0.15) is 5.10 Å². The summed E-state index contributed by atoms with van der Waals surface area (Å²) in [6.07, 6.45) is 0.612. The van der Waals surface area contributed by atoms with Crippen molar-refractivity contribution in [3.63, 3.8) is 0 Å². The summed E-state index contributed by atoms with van der Waals surface area (Å²) in [5, 5.41) is 16.9. The molecule has 6 heteroatoms. The van der Waals surface area contributed by atoms with Crippen LogP contribution in [0.15, 0.2) is 24.3 Å². The first-order valence-corrected chi connectivity index (χ1v) is 7.01. The molecule has 1 aromatic carbocycles. The van der Waals surface area contributed by atoms with Crippen LogP contribution >= 0.6 is 0 Å². The molecule has 0 aliphatic carbocycles. The zero-order valence-corrected chi connectivity index (χ0v) is 11.7. The number of para-hydroxylation sites is 1. The normalized spacial score (nSPS) is 22.4. The van der Waals surface area contributed by atoms with Gasteiger partial charge in [-0.1, -0.05) is 25.1 Å². The van der Waals surface area contributed by atoms with Gasteiger partial charge in [-0.25, -0.2) is 0 Å². The number of fused-ring (bicyclic) bond motifs is 1. The maximum Gasteiger partial charge on any atom is 0.308 e. The molecule has 2 heterocycles. The fourth-order valence-electron chi connectivity index (χ4n) is 2.97. The SMILES string of the molecule is CC1CC(C(=O)O)CN(C(=O)c2n[nH]c3ccccc23)C1. The monoisotopic (exact) mass is 287 g/mol. The Balaban J connectivity index is 1.89. The van der Waals surface area contributed by atoms with E-state index in [2.05, 4.69) is 10.2 Å². The minimum Gasteiger partial charge on any atom is -0.481 e. The minimum atomic E-state index is -0.841. The molecule has 3 rings (SSSR count). The number of nitrogens with one attached hydrogen (secondary N) is 1. The van der Waals surface area contributed by atoms with Crippen LogP contribution in [0.1, 0.15) is 23.8 Å². The van der Waals surface area contributed by atoms with Crippen molar-refractivity contribution in [2.75, 3.05) is 13.1 Å². The molecule has 2 aromatic rings. The predicted molar refractivity (Wildman–Crippen MR) is 76.9 cm³/mol. The van der Waals surface area contributed by atoms with E-state index in [0.717, 1.165) is 10.9 Å². The van der Waals surface area contributed by atoms with Crippen molar-refractivity contribution < 1.29 is 14.7 Å². The molecule has 1 aliphatic rings. The second kappa shape index (κ2) is 5.20. The van der Waals surface area contributed by atoms with E-state index < -0.39 is 11.9 Å². The number of carbonyl (C=O) groups excluding carboxylic acids is 1. The Labute approximate surface area is 121 Å². The summed E-state index contributed by atoms with van der Waals surface area (Å²) in [6.45, 7) is 2.79. The van der Waals surface area contributed by atoms with E-state index in [4.69, 9.17) is 0 Å². The van der Waals surface area contributed by atoms with Gasteiger partial charge in [0.05, 0.1) is 11.4 Å². The van der Waals surface area contributed by atoms with Crippen LogP contribution in [-0.2, 0) is 4.79 Å². The lowest BCUT2D eigenvalue weighted by Gasteiger charge is -2.34. The first kappa shape index (κ1) is 13.6. The third kappa shape index (κ3) is 2.49. The Morgan fingerprint density at radius 3 is 2.86 bits per heavy atom. The van der Waals surface area contributed by atoms with Crippen molar-refractivity contribution in [2.45, 2.75) is 13.3 Å². The Morgan fingerprint density at radius 1 is 1.33 bits per heavy atom. The quantitative estimate of drug-likeness (QED) is 0.881. The fraction of sp³-hybridized carbons (Fsp3) is 0.400. The number of aromatic amines is 1. The van der Waals surface area contributed by atoms with Crippen molar-refractivity contribution in [2.24, 2.45) is 11.8 Å². The highest BCUT2D eigenvalue weighted by Crippen LogP contribution is 2.24. The summed E-state index contributed by atoms with van der Waals surface area (Å²) in [5.74, 6) is -1.37. The van der Waals surface area contributed by atoms with Crippen LogP contribution in [0.5, 0.6) is 0 Å². The summed E-state index contributed by atoms with van der Waals surface area (Å²) in [4.78, 5) is 25.5. The number of rotatable bonds is 2. The molecular formula is C15H17N3O3. The number of aromatic nitrogens is 2. The van der Waals surface area contributed by atoms with Gasteiger partial charge in [-0.3, -0.25) is 14.7 Å². The average molecular weight is 287 g/mol. The smallest absolute Gasteiger partial charge is 0.308 e. The number of nitrogens with zero attached hydrogens (tertiary/aromatic N) is 2. The van der Waals surface area contributed by atoms with E-state index in [-0.39, 0.29) is 18.4 Å². The van der Waals surface area contributed by atoms with E-state index in [0.29, 0.717) is 18.7 Å². The second-order valence-electron chi connectivity index (χ2n) is 5.70. The third-order valence-electron chi connectivity index (χ3n) is 3.97. The maximum atomic E-state index is 12.6. The van der Waals surface area contributed by atoms with Crippen molar-refractivity contribution in [3.05, 3.63) is 30.0 Å². The highest BCUT2D eigenvalue weighted by molar-refractivity contribution is 6.04. The van der Waals surface area contributed by atoms with Crippen LogP contribution in [0.4, 0.5) is 0 Å².